The van der Waals surface area contributed by atoms with E-state index in [-0.39, 0.29) is 5.84 Å². The second-order valence-corrected chi connectivity index (χ2v) is 3.72. The molecule has 0 aromatic carbocycles. The van der Waals surface area contributed by atoms with Gasteiger partial charge in [0.1, 0.15) is 5.60 Å². The smallest absolute Gasteiger partial charge is 0.171 e. The van der Waals surface area contributed by atoms with Gasteiger partial charge in [-0.25, -0.2) is 0 Å². The summed E-state index contributed by atoms with van der Waals surface area (Å²) in [5.74, 6) is 0.201. The van der Waals surface area contributed by atoms with Crippen LogP contribution in [0.3, 0.4) is 0 Å². The van der Waals surface area contributed by atoms with Crippen LogP contribution in [-0.2, 0) is 4.74 Å². The topological polar surface area (TPSA) is 71.1 Å². The molecule has 1 aliphatic rings. The molecule has 1 rings (SSSR count). The molecule has 0 amide bonds. The molecule has 5 heteroatoms. The Morgan fingerprint density at radius 1 is 1.57 bits per heavy atom. The van der Waals surface area contributed by atoms with E-state index in [4.69, 9.17) is 15.7 Å². The number of piperidine rings is 1. The third kappa shape index (κ3) is 2.16. The number of hydrogen-bond acceptors (Lipinski definition) is 4. The van der Waals surface area contributed by atoms with E-state index in [1.807, 2.05) is 6.92 Å². The van der Waals surface area contributed by atoms with Gasteiger partial charge >= 0.3 is 0 Å². The minimum Gasteiger partial charge on any atom is -0.409 e. The summed E-state index contributed by atoms with van der Waals surface area (Å²) < 4.78 is 5.63. The maximum atomic E-state index is 8.71. The van der Waals surface area contributed by atoms with Gasteiger partial charge in [-0.3, -0.25) is 0 Å². The Balaban J connectivity index is 2.72. The Bertz CT molecular complexity index is 210. The van der Waals surface area contributed by atoms with Crippen LogP contribution in [0.5, 0.6) is 0 Å². The van der Waals surface area contributed by atoms with Gasteiger partial charge in [0.25, 0.3) is 0 Å². The van der Waals surface area contributed by atoms with Crippen molar-refractivity contribution >= 4 is 5.84 Å². The molecule has 0 atom stereocenters. The van der Waals surface area contributed by atoms with Gasteiger partial charge in [-0.2, -0.15) is 0 Å². The van der Waals surface area contributed by atoms with Gasteiger partial charge in [0, 0.05) is 19.7 Å². The van der Waals surface area contributed by atoms with E-state index in [0.29, 0.717) is 6.61 Å². The molecule has 1 fully saturated rings. The highest BCUT2D eigenvalue weighted by atomic mass is 16.5. The standard InChI is InChI=1S/C9H19N3O2/c1-3-14-9(8(10)11-13)4-6-12(2)7-5-9/h13H,3-7H2,1-2H3,(H2,10,11). The van der Waals surface area contributed by atoms with Crippen molar-refractivity contribution in [2.45, 2.75) is 25.4 Å². The van der Waals surface area contributed by atoms with Crippen LogP contribution in [0.1, 0.15) is 19.8 Å². The molecule has 0 bridgehead atoms. The van der Waals surface area contributed by atoms with Crippen molar-refractivity contribution in [3.05, 3.63) is 0 Å². The van der Waals surface area contributed by atoms with Gasteiger partial charge in [-0.15, -0.1) is 0 Å². The van der Waals surface area contributed by atoms with Crippen molar-refractivity contribution < 1.29 is 9.94 Å². The minimum atomic E-state index is -0.546. The van der Waals surface area contributed by atoms with Crippen molar-refractivity contribution in [1.29, 1.82) is 0 Å². The molecule has 82 valence electrons. The highest BCUT2D eigenvalue weighted by molar-refractivity contribution is 5.88. The highest BCUT2D eigenvalue weighted by Gasteiger charge is 2.38. The minimum absolute atomic E-state index is 0.201. The number of amidine groups is 1. The van der Waals surface area contributed by atoms with Gasteiger partial charge in [-0.1, -0.05) is 5.16 Å². The Kier molecular flexibility index (Phi) is 3.71. The van der Waals surface area contributed by atoms with Crippen LogP contribution >= 0.6 is 0 Å². The van der Waals surface area contributed by atoms with Gasteiger partial charge in [0.15, 0.2) is 5.84 Å². The first-order chi connectivity index (χ1) is 6.64. The summed E-state index contributed by atoms with van der Waals surface area (Å²) in [4.78, 5) is 2.21. The molecule has 3 N–H and O–H groups in total. The van der Waals surface area contributed by atoms with E-state index in [9.17, 15) is 0 Å². The van der Waals surface area contributed by atoms with Gasteiger partial charge < -0.3 is 20.6 Å². The number of hydrogen-bond donors (Lipinski definition) is 2. The molecule has 0 aliphatic carbocycles. The Hall–Kier alpha value is -0.810. The Morgan fingerprint density at radius 2 is 2.14 bits per heavy atom. The summed E-state index contributed by atoms with van der Waals surface area (Å²) in [5, 5.41) is 11.8. The largest absolute Gasteiger partial charge is 0.409 e. The molecule has 0 unspecified atom stereocenters. The number of nitrogens with two attached hydrogens (primary N) is 1. The summed E-state index contributed by atoms with van der Waals surface area (Å²) in [5.41, 5.74) is 5.13. The average molecular weight is 201 g/mol. The Labute approximate surface area is 84.5 Å². The zero-order valence-corrected chi connectivity index (χ0v) is 8.86. The van der Waals surface area contributed by atoms with Gasteiger partial charge in [0.2, 0.25) is 0 Å². The summed E-state index contributed by atoms with van der Waals surface area (Å²) in [7, 11) is 2.06. The molecule has 14 heavy (non-hydrogen) atoms. The summed E-state index contributed by atoms with van der Waals surface area (Å²) >= 11 is 0. The lowest BCUT2D eigenvalue weighted by atomic mass is 9.90. The first-order valence-corrected chi connectivity index (χ1v) is 4.95. The lowest BCUT2D eigenvalue weighted by Gasteiger charge is -2.39. The maximum absolute atomic E-state index is 8.71. The van der Waals surface area contributed by atoms with Crippen molar-refractivity contribution in [2.24, 2.45) is 10.9 Å². The van der Waals surface area contributed by atoms with Crippen LogP contribution in [0.2, 0.25) is 0 Å². The molecule has 0 spiro atoms. The normalized spacial score (nSPS) is 23.7. The van der Waals surface area contributed by atoms with E-state index < -0.39 is 5.60 Å². The van der Waals surface area contributed by atoms with Gasteiger partial charge in [-0.05, 0) is 26.8 Å². The molecule has 0 radical (unpaired) electrons. The fraction of sp³-hybridized carbons (Fsp3) is 0.889. The number of ether oxygens (including phenoxy) is 1. The van der Waals surface area contributed by atoms with Crippen molar-refractivity contribution in [2.75, 3.05) is 26.7 Å². The molecule has 0 aromatic rings. The molecule has 0 aromatic heterocycles. The van der Waals surface area contributed by atoms with Crippen molar-refractivity contribution in [3.63, 3.8) is 0 Å². The quantitative estimate of drug-likeness (QED) is 0.297. The number of oxime groups is 1. The lowest BCUT2D eigenvalue weighted by molar-refractivity contribution is -0.0279. The fourth-order valence-corrected chi connectivity index (χ4v) is 1.82. The maximum Gasteiger partial charge on any atom is 0.171 e. The number of rotatable bonds is 3. The average Bonchev–Trinajstić information content (AvgIpc) is 2.21. The molecular weight excluding hydrogens is 182 g/mol. The summed E-state index contributed by atoms with van der Waals surface area (Å²) in [6.45, 7) is 4.33. The molecule has 1 saturated heterocycles. The van der Waals surface area contributed by atoms with Crippen LogP contribution in [-0.4, -0.2) is 48.3 Å². The van der Waals surface area contributed by atoms with E-state index >= 15 is 0 Å². The predicted molar refractivity (Wildman–Crippen MR) is 54.5 cm³/mol. The van der Waals surface area contributed by atoms with Crippen LogP contribution in [0.25, 0.3) is 0 Å². The summed E-state index contributed by atoms with van der Waals surface area (Å²) in [6, 6.07) is 0. The molecule has 1 heterocycles. The zero-order valence-electron chi connectivity index (χ0n) is 8.86. The molecule has 1 aliphatic heterocycles. The van der Waals surface area contributed by atoms with Gasteiger partial charge in [0.05, 0.1) is 0 Å². The second kappa shape index (κ2) is 4.61. The third-order valence-corrected chi connectivity index (χ3v) is 2.79. The summed E-state index contributed by atoms with van der Waals surface area (Å²) in [6.07, 6.45) is 1.57. The van der Waals surface area contributed by atoms with E-state index in [0.717, 1.165) is 25.9 Å². The molecular formula is C9H19N3O2. The van der Waals surface area contributed by atoms with E-state index in [2.05, 4.69) is 17.1 Å². The first kappa shape index (κ1) is 11.3. The third-order valence-electron chi connectivity index (χ3n) is 2.79. The highest BCUT2D eigenvalue weighted by Crippen LogP contribution is 2.26. The monoisotopic (exact) mass is 201 g/mol. The van der Waals surface area contributed by atoms with Crippen LogP contribution < -0.4 is 5.73 Å². The number of nitrogens with zero attached hydrogens (tertiary/aromatic N) is 2. The SMILES string of the molecule is CCOC1(/C(N)=N\O)CCN(C)CC1. The van der Waals surface area contributed by atoms with E-state index in [1.54, 1.807) is 0 Å². The van der Waals surface area contributed by atoms with E-state index in [1.165, 1.54) is 0 Å². The van der Waals surface area contributed by atoms with Crippen LogP contribution in [0, 0.1) is 0 Å². The Morgan fingerprint density at radius 3 is 2.57 bits per heavy atom. The number of likely N-dealkylation sites (tertiary alicyclic amines) is 1. The van der Waals surface area contributed by atoms with Crippen LogP contribution in [0.4, 0.5) is 0 Å². The zero-order chi connectivity index (χ0) is 10.6. The van der Waals surface area contributed by atoms with Crippen molar-refractivity contribution in [3.8, 4) is 0 Å². The first-order valence-electron chi connectivity index (χ1n) is 4.95. The lowest BCUT2D eigenvalue weighted by Crippen LogP contribution is -2.53. The molecule has 5 nitrogen and oxygen atoms in total. The van der Waals surface area contributed by atoms with Crippen LogP contribution in [0.15, 0.2) is 5.16 Å². The molecule has 0 saturated carbocycles. The van der Waals surface area contributed by atoms with Crippen molar-refractivity contribution in [1.82, 2.24) is 4.90 Å². The predicted octanol–water partition coefficient (Wildman–Crippen LogP) is 0.234. The second-order valence-electron chi connectivity index (χ2n) is 3.72. The fourth-order valence-electron chi connectivity index (χ4n) is 1.82.